The molecule has 1 aromatic rings. The van der Waals surface area contributed by atoms with Crippen LogP contribution in [-0.4, -0.2) is 33.9 Å². The Balaban J connectivity index is 3.06. The molecule has 5 nitrogen and oxygen atoms in total. The predicted octanol–water partition coefficient (Wildman–Crippen LogP) is 2.05. The van der Waals surface area contributed by atoms with Gasteiger partial charge in [-0.25, -0.2) is 9.97 Å². The van der Waals surface area contributed by atoms with E-state index >= 15 is 0 Å². The Bertz CT molecular complexity index is 417. The van der Waals surface area contributed by atoms with Crippen LogP contribution in [0.2, 0.25) is 0 Å². The minimum Gasteiger partial charge on any atom is -0.396 e. The molecular formula is C13H22N4O. The number of nitrogen functional groups attached to an aromatic ring is 1. The average molecular weight is 250 g/mol. The van der Waals surface area contributed by atoms with Gasteiger partial charge >= 0.3 is 0 Å². The molecule has 2 N–H and O–H groups in total. The smallest absolute Gasteiger partial charge is 0.274 e. The molecule has 1 aromatic heterocycles. The number of hydrogen-bond donors (Lipinski definition) is 1. The van der Waals surface area contributed by atoms with E-state index in [4.69, 9.17) is 5.73 Å². The molecule has 0 aromatic carbocycles. The lowest BCUT2D eigenvalue weighted by Crippen LogP contribution is -2.33. The van der Waals surface area contributed by atoms with Gasteiger partial charge < -0.3 is 10.6 Å². The molecule has 0 aliphatic heterocycles. The Hall–Kier alpha value is -1.65. The molecule has 0 fully saturated rings. The van der Waals surface area contributed by atoms with E-state index in [1.807, 2.05) is 27.7 Å². The third kappa shape index (κ3) is 3.18. The normalized spacial score (nSPS) is 10.7. The van der Waals surface area contributed by atoms with Gasteiger partial charge in [-0.1, -0.05) is 20.8 Å². The summed E-state index contributed by atoms with van der Waals surface area (Å²) in [5, 5.41) is 0. The van der Waals surface area contributed by atoms with Gasteiger partial charge in [-0.3, -0.25) is 4.79 Å². The highest BCUT2D eigenvalue weighted by atomic mass is 16.2. The number of amides is 1. The van der Waals surface area contributed by atoms with E-state index in [9.17, 15) is 4.79 Å². The van der Waals surface area contributed by atoms with Crippen LogP contribution in [0.25, 0.3) is 0 Å². The van der Waals surface area contributed by atoms with Crippen molar-refractivity contribution in [3.63, 3.8) is 0 Å². The predicted molar refractivity (Wildman–Crippen MR) is 72.4 cm³/mol. The maximum absolute atomic E-state index is 12.3. The van der Waals surface area contributed by atoms with Crippen LogP contribution in [0.5, 0.6) is 0 Å². The highest BCUT2D eigenvalue weighted by Crippen LogP contribution is 2.15. The summed E-state index contributed by atoms with van der Waals surface area (Å²) < 4.78 is 0. The number of rotatable bonds is 5. The first-order chi connectivity index (χ1) is 8.51. The summed E-state index contributed by atoms with van der Waals surface area (Å²) in [7, 11) is 0. The second-order valence-corrected chi connectivity index (χ2v) is 4.57. The van der Waals surface area contributed by atoms with E-state index in [1.165, 1.54) is 6.20 Å². The largest absolute Gasteiger partial charge is 0.396 e. The van der Waals surface area contributed by atoms with Crippen LogP contribution in [0.1, 0.15) is 56.3 Å². The van der Waals surface area contributed by atoms with E-state index in [-0.39, 0.29) is 11.8 Å². The minimum atomic E-state index is -0.110. The minimum absolute atomic E-state index is 0.110. The van der Waals surface area contributed by atoms with E-state index in [2.05, 4.69) is 9.97 Å². The van der Waals surface area contributed by atoms with Crippen LogP contribution in [0.3, 0.4) is 0 Å². The molecule has 1 heterocycles. The zero-order valence-corrected chi connectivity index (χ0v) is 11.6. The Morgan fingerprint density at radius 3 is 2.61 bits per heavy atom. The third-order valence-electron chi connectivity index (χ3n) is 2.72. The van der Waals surface area contributed by atoms with Gasteiger partial charge in [0.2, 0.25) is 0 Å². The average Bonchev–Trinajstić information content (AvgIpc) is 2.35. The summed E-state index contributed by atoms with van der Waals surface area (Å²) in [4.78, 5) is 22.5. The number of carbonyl (C=O) groups excluding carboxylic acids is 1. The van der Waals surface area contributed by atoms with E-state index < -0.39 is 0 Å². The fourth-order valence-electron chi connectivity index (χ4n) is 1.68. The summed E-state index contributed by atoms with van der Waals surface area (Å²) in [5.41, 5.74) is 6.48. The molecule has 0 aliphatic rings. The first-order valence-corrected chi connectivity index (χ1v) is 6.42. The highest BCUT2D eigenvalue weighted by molar-refractivity contribution is 5.96. The number of anilines is 1. The van der Waals surface area contributed by atoms with Crippen molar-refractivity contribution in [2.45, 2.75) is 40.0 Å². The zero-order chi connectivity index (χ0) is 13.7. The van der Waals surface area contributed by atoms with Crippen LogP contribution < -0.4 is 5.73 Å². The fraction of sp³-hybridized carbons (Fsp3) is 0.615. The molecule has 0 saturated heterocycles. The van der Waals surface area contributed by atoms with Gasteiger partial charge in [0.1, 0.15) is 5.82 Å². The molecule has 18 heavy (non-hydrogen) atoms. The molecular weight excluding hydrogens is 228 g/mol. The molecule has 0 atom stereocenters. The summed E-state index contributed by atoms with van der Waals surface area (Å²) in [6, 6.07) is 0. The topological polar surface area (TPSA) is 72.1 Å². The second-order valence-electron chi connectivity index (χ2n) is 4.57. The van der Waals surface area contributed by atoms with Gasteiger partial charge in [0.05, 0.1) is 11.9 Å². The molecule has 0 spiro atoms. The van der Waals surface area contributed by atoms with Crippen molar-refractivity contribution >= 4 is 11.6 Å². The molecule has 1 rings (SSSR count). The molecule has 0 radical (unpaired) electrons. The number of nitrogens with zero attached hydrogens (tertiary/aromatic N) is 3. The van der Waals surface area contributed by atoms with Crippen molar-refractivity contribution in [1.29, 1.82) is 0 Å². The Morgan fingerprint density at radius 1 is 1.44 bits per heavy atom. The molecule has 0 aliphatic carbocycles. The van der Waals surface area contributed by atoms with Crippen LogP contribution in [0.15, 0.2) is 6.20 Å². The van der Waals surface area contributed by atoms with E-state index in [0.29, 0.717) is 23.8 Å². The van der Waals surface area contributed by atoms with Gasteiger partial charge in [-0.05, 0) is 13.3 Å². The van der Waals surface area contributed by atoms with Gasteiger partial charge in [0.15, 0.2) is 5.69 Å². The number of aromatic nitrogens is 2. The first kappa shape index (κ1) is 14.4. The van der Waals surface area contributed by atoms with E-state index in [0.717, 1.165) is 13.0 Å². The molecule has 0 bridgehead atoms. The summed E-state index contributed by atoms with van der Waals surface area (Å²) in [6.07, 6.45) is 2.44. The lowest BCUT2D eigenvalue weighted by Gasteiger charge is -2.20. The molecule has 100 valence electrons. The summed E-state index contributed by atoms with van der Waals surface area (Å²) in [5.74, 6) is 0.722. The van der Waals surface area contributed by atoms with Crippen molar-refractivity contribution in [2.24, 2.45) is 0 Å². The number of nitrogens with two attached hydrogens (primary N) is 1. The summed E-state index contributed by atoms with van der Waals surface area (Å²) in [6.45, 7) is 9.35. The number of hydrogen-bond acceptors (Lipinski definition) is 4. The fourth-order valence-corrected chi connectivity index (χ4v) is 1.68. The third-order valence-corrected chi connectivity index (χ3v) is 2.72. The van der Waals surface area contributed by atoms with Gasteiger partial charge in [0, 0.05) is 19.0 Å². The van der Waals surface area contributed by atoms with Crippen LogP contribution in [0.4, 0.5) is 5.69 Å². The Labute approximate surface area is 108 Å². The van der Waals surface area contributed by atoms with Crippen LogP contribution >= 0.6 is 0 Å². The molecule has 0 unspecified atom stereocenters. The SMILES string of the molecule is CCCN(CC)C(=O)c1nc(C(C)C)ncc1N. The molecule has 0 saturated carbocycles. The lowest BCUT2D eigenvalue weighted by atomic mass is 10.2. The highest BCUT2D eigenvalue weighted by Gasteiger charge is 2.19. The lowest BCUT2D eigenvalue weighted by molar-refractivity contribution is 0.0759. The summed E-state index contributed by atoms with van der Waals surface area (Å²) >= 11 is 0. The molecule has 5 heteroatoms. The maximum atomic E-state index is 12.3. The van der Waals surface area contributed by atoms with Crippen molar-refractivity contribution in [3.8, 4) is 0 Å². The Morgan fingerprint density at radius 2 is 2.11 bits per heavy atom. The van der Waals surface area contributed by atoms with Gasteiger partial charge in [-0.15, -0.1) is 0 Å². The van der Waals surface area contributed by atoms with E-state index in [1.54, 1.807) is 4.90 Å². The number of carbonyl (C=O) groups is 1. The van der Waals surface area contributed by atoms with Crippen molar-refractivity contribution in [2.75, 3.05) is 18.8 Å². The zero-order valence-electron chi connectivity index (χ0n) is 11.6. The molecule has 1 amide bonds. The monoisotopic (exact) mass is 250 g/mol. The van der Waals surface area contributed by atoms with Crippen molar-refractivity contribution < 1.29 is 4.79 Å². The second kappa shape index (κ2) is 6.33. The van der Waals surface area contributed by atoms with Crippen LogP contribution in [-0.2, 0) is 0 Å². The van der Waals surface area contributed by atoms with Gasteiger partial charge in [0.25, 0.3) is 5.91 Å². The maximum Gasteiger partial charge on any atom is 0.274 e. The van der Waals surface area contributed by atoms with Crippen molar-refractivity contribution in [1.82, 2.24) is 14.9 Å². The first-order valence-electron chi connectivity index (χ1n) is 6.42. The quantitative estimate of drug-likeness (QED) is 0.868. The van der Waals surface area contributed by atoms with Gasteiger partial charge in [-0.2, -0.15) is 0 Å². The Kier molecular flexibility index (Phi) is 5.07. The standard InChI is InChI=1S/C13H22N4O/c1-5-7-17(6-2)13(18)11-10(14)8-15-12(16-11)9(3)4/h8-9H,5-7,14H2,1-4H3. The van der Waals surface area contributed by atoms with Crippen molar-refractivity contribution in [3.05, 3.63) is 17.7 Å². The van der Waals surface area contributed by atoms with Crippen LogP contribution in [0, 0.1) is 0 Å².